The van der Waals surface area contributed by atoms with E-state index in [0.717, 1.165) is 4.90 Å². The number of likely N-dealkylation sites (N-methyl/N-ethyl adjacent to an activating group) is 1. The predicted octanol–water partition coefficient (Wildman–Crippen LogP) is -1.75. The summed E-state index contributed by atoms with van der Waals surface area (Å²) in [4.78, 5) is 89.6. The number of nitrogens with one attached hydrogen (secondary N) is 2. The molecule has 3 saturated heterocycles. The number of hydrogen-bond acceptors (Lipinski definition) is 7. The third kappa shape index (κ3) is 4.09. The van der Waals surface area contributed by atoms with Crippen molar-refractivity contribution in [2.75, 3.05) is 19.6 Å². The largest absolute Gasteiger partial charge is 0.480 e. The standard InChI is InChI=1S/C22H23N5O8/c1-2-25-8-9-26(20(32)19(25)31)22(35)24-14(11-6-4-3-5-7-11)17(29)23-15-16-13(28)10-12(21(33)34)27(16)18(15)30/h3-7,12,14-16H,2,8-10H2,1H3,(H,23,29)(H,24,35)(H,33,34)/t12?,14?,15?,16-/m1/s1. The van der Waals surface area contributed by atoms with Gasteiger partial charge in [-0.3, -0.25) is 28.9 Å². The molecular formula is C22H23N5O8. The van der Waals surface area contributed by atoms with E-state index in [9.17, 15) is 38.7 Å². The van der Waals surface area contributed by atoms with Crippen molar-refractivity contribution in [1.82, 2.24) is 25.3 Å². The fourth-order valence-corrected chi connectivity index (χ4v) is 4.51. The Morgan fingerprint density at radius 1 is 1.06 bits per heavy atom. The molecule has 4 atom stereocenters. The molecule has 0 bridgehead atoms. The zero-order chi connectivity index (χ0) is 25.4. The van der Waals surface area contributed by atoms with Crippen LogP contribution in [0.4, 0.5) is 4.79 Å². The minimum absolute atomic E-state index is 0.0589. The highest BCUT2D eigenvalue weighted by molar-refractivity contribution is 6.38. The van der Waals surface area contributed by atoms with E-state index >= 15 is 0 Å². The number of urea groups is 1. The van der Waals surface area contributed by atoms with Crippen LogP contribution in [-0.2, 0) is 28.8 Å². The van der Waals surface area contributed by atoms with Crippen molar-refractivity contribution < 1.29 is 38.7 Å². The van der Waals surface area contributed by atoms with Crippen LogP contribution >= 0.6 is 0 Å². The fraction of sp³-hybridized carbons (Fsp3) is 0.409. The molecule has 3 aliphatic heterocycles. The van der Waals surface area contributed by atoms with Crippen molar-refractivity contribution in [2.24, 2.45) is 0 Å². The number of Topliss-reactive ketones (excluding diaryl/α,β-unsaturated/α-hetero) is 1. The second-order valence-electron chi connectivity index (χ2n) is 8.34. The smallest absolute Gasteiger partial charge is 0.326 e. The molecule has 3 heterocycles. The number of β-lactam (4-membered cyclic amide) rings is 1. The number of hydrogen-bond donors (Lipinski definition) is 3. The highest BCUT2D eigenvalue weighted by atomic mass is 16.4. The SMILES string of the molecule is CCN1CCN(C(=O)NC(C(=O)NC2C(=O)N3C(C(=O)O)CC(=O)[C@H]23)c2ccccc2)C(=O)C1=O. The van der Waals surface area contributed by atoms with Gasteiger partial charge in [0.05, 0.1) is 0 Å². The molecule has 0 aliphatic carbocycles. The van der Waals surface area contributed by atoms with Gasteiger partial charge in [0.15, 0.2) is 5.78 Å². The highest BCUT2D eigenvalue weighted by Crippen LogP contribution is 2.33. The van der Waals surface area contributed by atoms with Crippen molar-refractivity contribution >= 4 is 41.4 Å². The summed E-state index contributed by atoms with van der Waals surface area (Å²) in [7, 11) is 0. The van der Waals surface area contributed by atoms with Gasteiger partial charge < -0.3 is 25.5 Å². The maximum absolute atomic E-state index is 13.2. The summed E-state index contributed by atoms with van der Waals surface area (Å²) >= 11 is 0. The van der Waals surface area contributed by atoms with E-state index in [1.165, 1.54) is 4.90 Å². The molecule has 3 aliphatic rings. The van der Waals surface area contributed by atoms with E-state index in [1.54, 1.807) is 37.3 Å². The molecule has 0 aromatic heterocycles. The summed E-state index contributed by atoms with van der Waals surface area (Å²) in [6.45, 7) is 2.10. The maximum Gasteiger partial charge on any atom is 0.326 e. The van der Waals surface area contributed by atoms with Gasteiger partial charge in [-0.2, -0.15) is 0 Å². The number of carboxylic acids is 1. The van der Waals surface area contributed by atoms with Gasteiger partial charge in [0, 0.05) is 26.1 Å². The zero-order valence-electron chi connectivity index (χ0n) is 18.7. The molecule has 184 valence electrons. The van der Waals surface area contributed by atoms with Gasteiger partial charge in [0.2, 0.25) is 11.8 Å². The molecule has 3 unspecified atom stereocenters. The minimum atomic E-state index is -1.36. The number of nitrogens with zero attached hydrogens (tertiary/aromatic N) is 3. The molecule has 13 heteroatoms. The number of aliphatic carboxylic acids is 1. The Hall–Kier alpha value is -4.29. The lowest BCUT2D eigenvalue weighted by Crippen LogP contribution is -2.72. The van der Waals surface area contributed by atoms with Crippen LogP contribution in [0.2, 0.25) is 0 Å². The maximum atomic E-state index is 13.2. The normalized spacial score (nSPS) is 24.6. The van der Waals surface area contributed by atoms with Gasteiger partial charge in [0.1, 0.15) is 24.2 Å². The molecule has 35 heavy (non-hydrogen) atoms. The molecule has 6 amide bonds. The van der Waals surface area contributed by atoms with Gasteiger partial charge in [-0.05, 0) is 12.5 Å². The number of imide groups is 1. The quantitative estimate of drug-likeness (QED) is 0.314. The van der Waals surface area contributed by atoms with Crippen LogP contribution < -0.4 is 10.6 Å². The molecule has 3 fully saturated rings. The number of carboxylic acid groups (broad SMARTS) is 1. The lowest BCUT2D eigenvalue weighted by atomic mass is 9.94. The summed E-state index contributed by atoms with van der Waals surface area (Å²) in [5.41, 5.74) is 0.328. The summed E-state index contributed by atoms with van der Waals surface area (Å²) in [5.74, 6) is -5.20. The van der Waals surface area contributed by atoms with Crippen molar-refractivity contribution in [3.63, 3.8) is 0 Å². The lowest BCUT2D eigenvalue weighted by Gasteiger charge is -2.43. The molecule has 0 spiro atoms. The Morgan fingerprint density at radius 3 is 2.37 bits per heavy atom. The molecule has 4 rings (SSSR count). The Balaban J connectivity index is 1.51. The number of rotatable bonds is 6. The number of fused-ring (bicyclic) bond motifs is 1. The molecule has 3 N–H and O–H groups in total. The van der Waals surface area contributed by atoms with Gasteiger partial charge in [0.25, 0.3) is 0 Å². The summed E-state index contributed by atoms with van der Waals surface area (Å²) in [5, 5.41) is 14.1. The van der Waals surface area contributed by atoms with E-state index in [0.29, 0.717) is 17.0 Å². The molecule has 13 nitrogen and oxygen atoms in total. The van der Waals surface area contributed by atoms with Crippen LogP contribution in [-0.4, -0.2) is 99.0 Å². The van der Waals surface area contributed by atoms with E-state index in [2.05, 4.69) is 10.6 Å². The summed E-state index contributed by atoms with van der Waals surface area (Å²) < 4.78 is 0. The number of amides is 6. The molecule has 0 radical (unpaired) electrons. The lowest BCUT2D eigenvalue weighted by molar-refractivity contribution is -0.162. The number of carbonyl (C=O) groups is 7. The van der Waals surface area contributed by atoms with E-state index in [1.807, 2.05) is 0 Å². The fourth-order valence-electron chi connectivity index (χ4n) is 4.51. The second-order valence-corrected chi connectivity index (χ2v) is 8.34. The van der Waals surface area contributed by atoms with Crippen LogP contribution in [0.3, 0.4) is 0 Å². The van der Waals surface area contributed by atoms with Crippen LogP contribution in [0, 0.1) is 0 Å². The van der Waals surface area contributed by atoms with Crippen molar-refractivity contribution in [1.29, 1.82) is 0 Å². The average Bonchev–Trinajstić information content (AvgIpc) is 3.16. The Kier molecular flexibility index (Phi) is 6.24. The van der Waals surface area contributed by atoms with Gasteiger partial charge in [-0.25, -0.2) is 9.59 Å². The average molecular weight is 485 g/mol. The van der Waals surface area contributed by atoms with Gasteiger partial charge in [-0.15, -0.1) is 0 Å². The number of piperazine rings is 1. The second kappa shape index (κ2) is 9.16. The molecule has 0 saturated carbocycles. The van der Waals surface area contributed by atoms with Gasteiger partial charge in [-0.1, -0.05) is 30.3 Å². The molecule has 1 aromatic rings. The minimum Gasteiger partial charge on any atom is -0.480 e. The molecule has 1 aromatic carbocycles. The number of ketones is 1. The van der Waals surface area contributed by atoms with Crippen molar-refractivity contribution in [3.8, 4) is 0 Å². The third-order valence-electron chi connectivity index (χ3n) is 6.38. The van der Waals surface area contributed by atoms with Crippen LogP contribution in [0.5, 0.6) is 0 Å². The first-order valence-electron chi connectivity index (χ1n) is 11.0. The monoisotopic (exact) mass is 485 g/mol. The first-order chi connectivity index (χ1) is 16.6. The highest BCUT2D eigenvalue weighted by Gasteiger charge is 2.61. The first kappa shape index (κ1) is 23.9. The van der Waals surface area contributed by atoms with Crippen LogP contribution in [0.25, 0.3) is 0 Å². The van der Waals surface area contributed by atoms with Crippen molar-refractivity contribution in [2.45, 2.75) is 37.5 Å². The van der Waals surface area contributed by atoms with Crippen LogP contribution in [0.15, 0.2) is 30.3 Å². The first-order valence-corrected chi connectivity index (χ1v) is 11.0. The van der Waals surface area contributed by atoms with E-state index in [-0.39, 0.29) is 19.5 Å². The predicted molar refractivity (Wildman–Crippen MR) is 115 cm³/mol. The molecular weight excluding hydrogens is 462 g/mol. The topological polar surface area (TPSA) is 174 Å². The zero-order valence-corrected chi connectivity index (χ0v) is 18.7. The summed E-state index contributed by atoms with van der Waals surface area (Å²) in [6.07, 6.45) is -0.350. The van der Waals surface area contributed by atoms with Crippen molar-refractivity contribution in [3.05, 3.63) is 35.9 Å². The summed E-state index contributed by atoms with van der Waals surface area (Å²) in [6, 6.07) is 2.05. The Morgan fingerprint density at radius 2 is 1.74 bits per heavy atom. The van der Waals surface area contributed by atoms with Gasteiger partial charge >= 0.3 is 23.8 Å². The number of benzene rings is 1. The Labute approximate surface area is 199 Å². The Bertz CT molecular complexity index is 1120. The van der Waals surface area contributed by atoms with E-state index < -0.39 is 65.6 Å². The number of carbonyl (C=O) groups excluding carboxylic acids is 6. The third-order valence-corrected chi connectivity index (χ3v) is 6.38. The van der Waals surface area contributed by atoms with Crippen LogP contribution in [0.1, 0.15) is 24.9 Å². The van der Waals surface area contributed by atoms with E-state index in [4.69, 9.17) is 0 Å².